The summed E-state index contributed by atoms with van der Waals surface area (Å²) in [6, 6.07) is 14.8. The molecule has 1 amide bonds. The van der Waals surface area contributed by atoms with E-state index in [-0.39, 0.29) is 5.91 Å². The second kappa shape index (κ2) is 8.01. The fourth-order valence-electron chi connectivity index (χ4n) is 2.73. The third-order valence-electron chi connectivity index (χ3n) is 4.17. The molecule has 0 spiro atoms. The Labute approximate surface area is 162 Å². The van der Waals surface area contributed by atoms with Gasteiger partial charge in [0.2, 0.25) is 0 Å². The summed E-state index contributed by atoms with van der Waals surface area (Å²) in [4.78, 5) is 21.1. The first-order chi connectivity index (χ1) is 13.0. The summed E-state index contributed by atoms with van der Waals surface area (Å²) < 4.78 is 0. The lowest BCUT2D eigenvalue weighted by Gasteiger charge is -2.10. The first-order valence-electron chi connectivity index (χ1n) is 8.35. The molecule has 3 N–H and O–H groups in total. The van der Waals surface area contributed by atoms with Crippen LogP contribution in [-0.2, 0) is 0 Å². The number of hydrogen-bond donors (Lipinski definition) is 2. The Morgan fingerprint density at radius 3 is 2.70 bits per heavy atom. The van der Waals surface area contributed by atoms with E-state index in [0.29, 0.717) is 27.6 Å². The molecule has 0 unspecified atom stereocenters. The van der Waals surface area contributed by atoms with Crippen LogP contribution in [0, 0.1) is 6.92 Å². The maximum atomic E-state index is 12.7. The van der Waals surface area contributed by atoms with Crippen molar-refractivity contribution in [2.24, 2.45) is 10.7 Å². The molecule has 27 heavy (non-hydrogen) atoms. The summed E-state index contributed by atoms with van der Waals surface area (Å²) in [5.41, 5.74) is 9.64. The zero-order chi connectivity index (χ0) is 19.4. The predicted octanol–water partition coefficient (Wildman–Crippen LogP) is 3.95. The van der Waals surface area contributed by atoms with Gasteiger partial charge in [-0.05, 0) is 30.7 Å². The van der Waals surface area contributed by atoms with Crippen LogP contribution in [0.4, 0.5) is 0 Å². The van der Waals surface area contributed by atoms with Gasteiger partial charge in [0.05, 0.1) is 16.1 Å². The van der Waals surface area contributed by atoms with Gasteiger partial charge in [0.1, 0.15) is 5.84 Å². The number of nitrogens with one attached hydrogen (secondary N) is 1. The highest BCUT2D eigenvalue weighted by molar-refractivity contribution is 6.35. The molecule has 6 heteroatoms. The molecule has 0 saturated heterocycles. The van der Waals surface area contributed by atoms with Crippen LogP contribution in [0.1, 0.15) is 21.5 Å². The van der Waals surface area contributed by atoms with Crippen molar-refractivity contribution in [1.82, 2.24) is 10.3 Å². The molecule has 0 aliphatic heterocycles. The first kappa shape index (κ1) is 18.6. The number of nitrogens with zero attached hydrogens (tertiary/aromatic N) is 2. The fraction of sp³-hybridized carbons (Fsp3) is 0.0952. The van der Waals surface area contributed by atoms with Crippen LogP contribution in [0.5, 0.6) is 0 Å². The number of halogens is 1. The maximum absolute atomic E-state index is 12.7. The van der Waals surface area contributed by atoms with Gasteiger partial charge in [-0.3, -0.25) is 14.8 Å². The predicted molar refractivity (Wildman–Crippen MR) is 111 cm³/mol. The number of hydrogen-bond acceptors (Lipinski definition) is 4. The number of aliphatic imine (C=N–C) groups is 1. The molecule has 0 radical (unpaired) electrons. The largest absolute Gasteiger partial charge is 0.398 e. The molecule has 0 atom stereocenters. The molecule has 0 aliphatic rings. The van der Waals surface area contributed by atoms with Crippen molar-refractivity contribution in [2.45, 2.75) is 6.92 Å². The van der Waals surface area contributed by atoms with Crippen molar-refractivity contribution in [3.05, 3.63) is 82.5 Å². The van der Waals surface area contributed by atoms with Crippen molar-refractivity contribution < 1.29 is 4.79 Å². The first-order valence-corrected chi connectivity index (χ1v) is 8.73. The van der Waals surface area contributed by atoms with Gasteiger partial charge in [-0.25, -0.2) is 0 Å². The number of carbonyl (C=O) groups is 1. The SMILES string of the molecule is CN=C(C=C(N)c1ccccc1C)NC(=O)c1cc2ncccc2cc1Cl. The van der Waals surface area contributed by atoms with Crippen LogP contribution in [-0.4, -0.2) is 23.8 Å². The smallest absolute Gasteiger partial charge is 0.258 e. The Morgan fingerprint density at radius 1 is 1.19 bits per heavy atom. The summed E-state index contributed by atoms with van der Waals surface area (Å²) in [5.74, 6) is -0.0278. The third kappa shape index (κ3) is 4.15. The quantitative estimate of drug-likeness (QED) is 0.534. The zero-order valence-corrected chi connectivity index (χ0v) is 15.8. The minimum Gasteiger partial charge on any atom is -0.398 e. The maximum Gasteiger partial charge on any atom is 0.258 e. The van der Waals surface area contributed by atoms with Gasteiger partial charge in [-0.2, -0.15) is 0 Å². The van der Waals surface area contributed by atoms with Gasteiger partial charge < -0.3 is 11.1 Å². The number of carbonyl (C=O) groups excluding carboxylic acids is 1. The van der Waals surface area contributed by atoms with E-state index in [9.17, 15) is 4.79 Å². The molecular weight excluding hydrogens is 360 g/mol. The summed E-state index contributed by atoms with van der Waals surface area (Å²) >= 11 is 6.28. The summed E-state index contributed by atoms with van der Waals surface area (Å²) in [6.45, 7) is 1.97. The number of pyridine rings is 1. The molecule has 2 aromatic carbocycles. The molecule has 3 aromatic rings. The van der Waals surface area contributed by atoms with E-state index in [0.717, 1.165) is 16.5 Å². The highest BCUT2D eigenvalue weighted by atomic mass is 35.5. The van der Waals surface area contributed by atoms with Crippen molar-refractivity contribution in [1.29, 1.82) is 0 Å². The highest BCUT2D eigenvalue weighted by Gasteiger charge is 2.14. The van der Waals surface area contributed by atoms with E-state index in [1.165, 1.54) is 0 Å². The lowest BCUT2D eigenvalue weighted by Crippen LogP contribution is -2.30. The Bertz CT molecular complexity index is 1070. The molecule has 5 nitrogen and oxygen atoms in total. The zero-order valence-electron chi connectivity index (χ0n) is 15.0. The number of aromatic nitrogens is 1. The number of fused-ring (bicyclic) bond motifs is 1. The molecule has 0 aliphatic carbocycles. The topological polar surface area (TPSA) is 80.4 Å². The molecule has 1 aromatic heterocycles. The Balaban J connectivity index is 1.87. The average Bonchev–Trinajstić information content (AvgIpc) is 2.67. The van der Waals surface area contributed by atoms with Gasteiger partial charge in [0.25, 0.3) is 5.91 Å². The second-order valence-corrected chi connectivity index (χ2v) is 6.41. The van der Waals surface area contributed by atoms with Gasteiger partial charge >= 0.3 is 0 Å². The van der Waals surface area contributed by atoms with Crippen LogP contribution < -0.4 is 11.1 Å². The average molecular weight is 379 g/mol. The van der Waals surface area contributed by atoms with Gasteiger partial charge in [0, 0.05) is 36.0 Å². The van der Waals surface area contributed by atoms with Gasteiger partial charge in [-0.1, -0.05) is 41.9 Å². The summed E-state index contributed by atoms with van der Waals surface area (Å²) in [7, 11) is 1.58. The van der Waals surface area contributed by atoms with Crippen LogP contribution in [0.15, 0.2) is 65.8 Å². The van der Waals surface area contributed by atoms with Crippen molar-refractivity contribution in [3.63, 3.8) is 0 Å². The number of aryl methyl sites for hydroxylation is 1. The van der Waals surface area contributed by atoms with E-state index >= 15 is 0 Å². The Kier molecular flexibility index (Phi) is 5.52. The third-order valence-corrected chi connectivity index (χ3v) is 4.48. The molecule has 0 fully saturated rings. The Hall–Kier alpha value is -3.18. The lowest BCUT2D eigenvalue weighted by atomic mass is 10.1. The standard InChI is InChI=1S/C21H19ClN4O/c1-13-6-3-4-8-15(13)18(23)12-20(24-2)26-21(27)16-11-19-14(10-17(16)22)7-5-9-25-19/h3-12H,23H2,1-2H3,(H,24,26,27). The van der Waals surface area contributed by atoms with E-state index < -0.39 is 0 Å². The molecule has 136 valence electrons. The van der Waals surface area contributed by atoms with Crippen LogP contribution in [0.25, 0.3) is 16.6 Å². The normalized spacial score (nSPS) is 12.3. The summed E-state index contributed by atoms with van der Waals surface area (Å²) in [6.07, 6.45) is 3.30. The highest BCUT2D eigenvalue weighted by Crippen LogP contribution is 2.22. The Morgan fingerprint density at radius 2 is 1.96 bits per heavy atom. The number of amidine groups is 1. The van der Waals surface area contributed by atoms with Gasteiger partial charge in [-0.15, -0.1) is 0 Å². The van der Waals surface area contributed by atoms with E-state index in [2.05, 4.69) is 15.3 Å². The van der Waals surface area contributed by atoms with Crippen LogP contribution >= 0.6 is 11.6 Å². The van der Waals surface area contributed by atoms with E-state index in [1.807, 2.05) is 43.3 Å². The molecule has 1 heterocycles. The number of nitrogens with two attached hydrogens (primary N) is 1. The van der Waals surface area contributed by atoms with E-state index in [4.69, 9.17) is 17.3 Å². The minimum absolute atomic E-state index is 0.326. The van der Waals surface area contributed by atoms with Crippen molar-refractivity contribution in [3.8, 4) is 0 Å². The van der Waals surface area contributed by atoms with Crippen LogP contribution in [0.2, 0.25) is 5.02 Å². The monoisotopic (exact) mass is 378 g/mol. The van der Waals surface area contributed by atoms with Crippen molar-refractivity contribution >= 4 is 39.9 Å². The lowest BCUT2D eigenvalue weighted by molar-refractivity contribution is 0.0977. The minimum atomic E-state index is -0.373. The van der Waals surface area contributed by atoms with E-state index in [1.54, 1.807) is 31.5 Å². The molecule has 3 rings (SSSR count). The molecule has 0 bridgehead atoms. The molecular formula is C21H19ClN4O. The number of rotatable bonds is 3. The van der Waals surface area contributed by atoms with Crippen molar-refractivity contribution in [2.75, 3.05) is 7.05 Å². The summed E-state index contributed by atoms with van der Waals surface area (Å²) in [5, 5.41) is 3.97. The fourth-order valence-corrected chi connectivity index (χ4v) is 2.99. The van der Waals surface area contributed by atoms with Gasteiger partial charge in [0.15, 0.2) is 0 Å². The van der Waals surface area contributed by atoms with Crippen LogP contribution in [0.3, 0.4) is 0 Å². The number of benzene rings is 2. The number of amides is 1. The molecule has 0 saturated carbocycles. The second-order valence-electron chi connectivity index (χ2n) is 6.01.